The lowest BCUT2D eigenvalue weighted by Gasteiger charge is -2.17. The smallest absolute Gasteiger partial charge is 0.229 e. The number of carbonyl (C=O) groups is 2. The summed E-state index contributed by atoms with van der Waals surface area (Å²) in [5.41, 5.74) is 5.11. The predicted octanol–water partition coefficient (Wildman–Crippen LogP) is 3.82. The lowest BCUT2D eigenvalue weighted by molar-refractivity contribution is -0.128. The number of H-pyrrole nitrogens is 1. The Hall–Kier alpha value is -3.28. The highest BCUT2D eigenvalue weighted by Crippen LogP contribution is 2.26. The molecule has 156 valence electrons. The van der Waals surface area contributed by atoms with Crippen LogP contribution in [-0.4, -0.2) is 41.9 Å². The Morgan fingerprint density at radius 1 is 1.23 bits per heavy atom. The monoisotopic (exact) mass is 405 g/mol. The quantitative estimate of drug-likeness (QED) is 0.655. The maximum atomic E-state index is 12.7. The molecule has 2 N–H and O–H groups in total. The number of methoxy groups -OCH3 is 1. The van der Waals surface area contributed by atoms with Crippen LogP contribution in [0, 0.1) is 19.8 Å². The Morgan fingerprint density at radius 3 is 2.87 bits per heavy atom. The number of hydrogen-bond acceptors (Lipinski definition) is 3. The fourth-order valence-electron chi connectivity index (χ4n) is 4.02. The van der Waals surface area contributed by atoms with Crippen molar-refractivity contribution < 1.29 is 14.3 Å². The van der Waals surface area contributed by atoms with Crippen LogP contribution >= 0.6 is 0 Å². The average molecular weight is 405 g/mol. The number of nitrogens with zero attached hydrogens (tertiary/aromatic N) is 1. The molecule has 0 radical (unpaired) electrons. The van der Waals surface area contributed by atoms with E-state index in [0.717, 1.165) is 45.5 Å². The van der Waals surface area contributed by atoms with Crippen LogP contribution in [0.15, 0.2) is 42.6 Å². The number of aromatic amines is 1. The molecule has 4 rings (SSSR count). The van der Waals surface area contributed by atoms with Crippen molar-refractivity contribution in [3.8, 4) is 5.75 Å². The molecule has 0 spiro atoms. The molecule has 1 aromatic heterocycles. The van der Waals surface area contributed by atoms with E-state index in [2.05, 4.69) is 10.3 Å². The number of benzene rings is 2. The topological polar surface area (TPSA) is 74.4 Å². The van der Waals surface area contributed by atoms with Gasteiger partial charge in [-0.25, -0.2) is 0 Å². The minimum atomic E-state index is -0.319. The molecule has 1 saturated heterocycles. The van der Waals surface area contributed by atoms with Crippen LogP contribution in [0.25, 0.3) is 10.9 Å². The van der Waals surface area contributed by atoms with Crippen LogP contribution in [0.2, 0.25) is 0 Å². The van der Waals surface area contributed by atoms with Gasteiger partial charge in [-0.1, -0.05) is 12.1 Å². The molecule has 2 aromatic carbocycles. The number of rotatable bonds is 6. The number of amides is 2. The molecule has 0 aliphatic carbocycles. The second kappa shape index (κ2) is 8.22. The Bertz CT molecular complexity index is 1100. The molecular weight excluding hydrogens is 378 g/mol. The normalized spacial score (nSPS) is 16.3. The molecule has 0 bridgehead atoms. The van der Waals surface area contributed by atoms with Gasteiger partial charge in [-0.15, -0.1) is 0 Å². The summed E-state index contributed by atoms with van der Waals surface area (Å²) in [6.07, 6.45) is 2.97. The van der Waals surface area contributed by atoms with E-state index in [1.807, 2.05) is 56.4 Å². The van der Waals surface area contributed by atoms with Crippen molar-refractivity contribution in [1.82, 2.24) is 9.88 Å². The maximum absolute atomic E-state index is 12.7. The number of fused-ring (bicyclic) bond motifs is 1. The summed E-state index contributed by atoms with van der Waals surface area (Å²) in [7, 11) is 1.65. The summed E-state index contributed by atoms with van der Waals surface area (Å²) in [5, 5.41) is 4.11. The van der Waals surface area contributed by atoms with Crippen LogP contribution in [0.1, 0.15) is 23.1 Å². The Kier molecular flexibility index (Phi) is 5.48. The highest BCUT2D eigenvalue weighted by Gasteiger charge is 2.34. The number of aromatic nitrogens is 1. The predicted molar refractivity (Wildman–Crippen MR) is 118 cm³/mol. The van der Waals surface area contributed by atoms with Gasteiger partial charge < -0.3 is 19.9 Å². The Labute approximate surface area is 176 Å². The van der Waals surface area contributed by atoms with E-state index in [1.54, 1.807) is 12.0 Å². The van der Waals surface area contributed by atoms with Gasteiger partial charge in [0, 0.05) is 42.3 Å². The Balaban J connectivity index is 1.39. The van der Waals surface area contributed by atoms with E-state index in [9.17, 15) is 9.59 Å². The molecule has 1 fully saturated rings. The second-order valence-corrected chi connectivity index (χ2v) is 8.02. The van der Waals surface area contributed by atoms with Gasteiger partial charge in [0.25, 0.3) is 0 Å². The Morgan fingerprint density at radius 2 is 2.07 bits per heavy atom. The van der Waals surface area contributed by atoms with Crippen LogP contribution < -0.4 is 10.1 Å². The van der Waals surface area contributed by atoms with Crippen molar-refractivity contribution in [2.75, 3.05) is 25.5 Å². The summed E-state index contributed by atoms with van der Waals surface area (Å²) in [6.45, 7) is 5.02. The molecule has 3 aromatic rings. The minimum Gasteiger partial charge on any atom is -0.497 e. The molecule has 6 nitrogen and oxygen atoms in total. The van der Waals surface area contributed by atoms with Gasteiger partial charge in [0.15, 0.2) is 0 Å². The van der Waals surface area contributed by atoms with E-state index in [0.29, 0.717) is 13.1 Å². The number of nitrogens with one attached hydrogen (secondary N) is 2. The zero-order valence-corrected chi connectivity index (χ0v) is 17.6. The minimum absolute atomic E-state index is 0.0357. The van der Waals surface area contributed by atoms with Gasteiger partial charge in [0.2, 0.25) is 11.8 Å². The van der Waals surface area contributed by atoms with Crippen molar-refractivity contribution in [2.24, 2.45) is 5.92 Å². The zero-order chi connectivity index (χ0) is 21.3. The maximum Gasteiger partial charge on any atom is 0.229 e. The molecule has 0 unspecified atom stereocenters. The van der Waals surface area contributed by atoms with Gasteiger partial charge in [-0.3, -0.25) is 9.59 Å². The number of likely N-dealkylation sites (tertiary alicyclic amines) is 1. The number of carbonyl (C=O) groups excluding carboxylic acids is 2. The molecule has 6 heteroatoms. The summed E-state index contributed by atoms with van der Waals surface area (Å²) >= 11 is 0. The first-order valence-corrected chi connectivity index (χ1v) is 10.2. The second-order valence-electron chi connectivity index (χ2n) is 8.02. The first-order chi connectivity index (χ1) is 14.4. The first kappa shape index (κ1) is 20.0. The van der Waals surface area contributed by atoms with Crippen molar-refractivity contribution in [1.29, 1.82) is 0 Å². The molecule has 1 aliphatic rings. The average Bonchev–Trinajstić information content (AvgIpc) is 3.31. The molecule has 1 aliphatic heterocycles. The van der Waals surface area contributed by atoms with Gasteiger partial charge in [0.1, 0.15) is 5.75 Å². The third kappa shape index (κ3) is 4.03. The number of anilines is 1. The highest BCUT2D eigenvalue weighted by atomic mass is 16.5. The SMILES string of the molecule is COc1ccc2[nH]cc(CCN3C[C@H](C(=O)Nc4cc(C)ccc4C)CC3=O)c2c1. The highest BCUT2D eigenvalue weighted by molar-refractivity contribution is 5.97. The number of ether oxygens (including phenoxy) is 1. The zero-order valence-electron chi connectivity index (χ0n) is 17.6. The largest absolute Gasteiger partial charge is 0.497 e. The van der Waals surface area contributed by atoms with Crippen LogP contribution in [0.5, 0.6) is 5.75 Å². The summed E-state index contributed by atoms with van der Waals surface area (Å²) in [6, 6.07) is 11.9. The van der Waals surface area contributed by atoms with E-state index in [-0.39, 0.29) is 24.2 Å². The van der Waals surface area contributed by atoms with Gasteiger partial charge in [0.05, 0.1) is 13.0 Å². The first-order valence-electron chi connectivity index (χ1n) is 10.2. The fraction of sp³-hybridized carbons (Fsp3) is 0.333. The van der Waals surface area contributed by atoms with Crippen LogP contribution in [0.3, 0.4) is 0 Å². The van der Waals surface area contributed by atoms with E-state index in [4.69, 9.17) is 4.74 Å². The van der Waals surface area contributed by atoms with Crippen molar-refractivity contribution in [3.05, 3.63) is 59.3 Å². The third-order valence-electron chi connectivity index (χ3n) is 5.86. The summed E-state index contributed by atoms with van der Waals surface area (Å²) in [4.78, 5) is 30.3. The summed E-state index contributed by atoms with van der Waals surface area (Å²) < 4.78 is 5.32. The molecule has 1 atom stereocenters. The van der Waals surface area contributed by atoms with Crippen molar-refractivity contribution >= 4 is 28.4 Å². The lowest BCUT2D eigenvalue weighted by Crippen LogP contribution is -2.30. The standard InChI is InChI=1S/C24H27N3O3/c1-15-4-5-16(2)22(10-15)26-24(29)18-11-23(28)27(14-18)9-8-17-13-25-21-7-6-19(30-3)12-20(17)21/h4-7,10,12-13,18,25H,8-9,11,14H2,1-3H3,(H,26,29)/t18-/m1/s1. The van der Waals surface area contributed by atoms with E-state index < -0.39 is 0 Å². The van der Waals surface area contributed by atoms with E-state index in [1.165, 1.54) is 0 Å². The molecule has 30 heavy (non-hydrogen) atoms. The van der Waals surface area contributed by atoms with Gasteiger partial charge in [-0.05, 0) is 61.2 Å². The lowest BCUT2D eigenvalue weighted by atomic mass is 10.1. The summed E-state index contributed by atoms with van der Waals surface area (Å²) in [5.74, 6) is 0.439. The fourth-order valence-corrected chi connectivity index (χ4v) is 4.02. The van der Waals surface area contributed by atoms with Gasteiger partial charge in [-0.2, -0.15) is 0 Å². The number of aryl methyl sites for hydroxylation is 2. The van der Waals surface area contributed by atoms with Crippen molar-refractivity contribution in [3.63, 3.8) is 0 Å². The van der Waals surface area contributed by atoms with Crippen LogP contribution in [0.4, 0.5) is 5.69 Å². The molecule has 2 heterocycles. The molecule has 2 amide bonds. The van der Waals surface area contributed by atoms with Crippen LogP contribution in [-0.2, 0) is 16.0 Å². The third-order valence-corrected chi connectivity index (χ3v) is 5.86. The number of hydrogen-bond donors (Lipinski definition) is 2. The van der Waals surface area contributed by atoms with Crippen molar-refractivity contribution in [2.45, 2.75) is 26.7 Å². The van der Waals surface area contributed by atoms with Gasteiger partial charge >= 0.3 is 0 Å². The molecular formula is C24H27N3O3. The van der Waals surface area contributed by atoms with E-state index >= 15 is 0 Å². The molecule has 0 saturated carbocycles.